The van der Waals surface area contributed by atoms with Crippen LogP contribution in [-0.2, 0) is 0 Å². The molecule has 0 radical (unpaired) electrons. The molecular formula is C33H21N3S. The van der Waals surface area contributed by atoms with Crippen molar-refractivity contribution in [3.63, 3.8) is 0 Å². The molecule has 0 spiro atoms. The van der Waals surface area contributed by atoms with Gasteiger partial charge in [0.1, 0.15) is 5.82 Å². The van der Waals surface area contributed by atoms with Crippen molar-refractivity contribution in [3.05, 3.63) is 127 Å². The number of aromatic nitrogens is 3. The van der Waals surface area contributed by atoms with E-state index in [9.17, 15) is 0 Å². The number of thiophene rings is 1. The lowest BCUT2D eigenvalue weighted by molar-refractivity contribution is 1.09. The minimum Gasteiger partial charge on any atom is -0.309 e. The van der Waals surface area contributed by atoms with Gasteiger partial charge in [-0.25, -0.2) is 4.98 Å². The summed E-state index contributed by atoms with van der Waals surface area (Å²) >= 11 is 1.82. The highest BCUT2D eigenvalue weighted by Crippen LogP contribution is 2.39. The van der Waals surface area contributed by atoms with E-state index in [2.05, 4.69) is 124 Å². The fourth-order valence-electron chi connectivity index (χ4n) is 5.60. The molecule has 4 heteroatoms. The second-order valence-corrected chi connectivity index (χ2v) is 10.2. The zero-order chi connectivity index (χ0) is 24.3. The first-order chi connectivity index (χ1) is 18.4. The first kappa shape index (κ1) is 20.5. The van der Waals surface area contributed by atoms with Crippen LogP contribution in [0.2, 0.25) is 0 Å². The molecular weight excluding hydrogens is 470 g/mol. The summed E-state index contributed by atoms with van der Waals surface area (Å²) in [6.45, 7) is 0. The number of para-hydroxylation sites is 3. The molecule has 0 amide bonds. The van der Waals surface area contributed by atoms with Crippen LogP contribution in [0.15, 0.2) is 127 Å². The standard InChI is InChI=1S/C33H21N3S/c1-2-9-23(10-3-1)33-34-27-14-5-7-16-29(27)36(33)25-12-8-11-24(21-25)35-28-15-6-4-13-26(28)31-30(35)18-17-22-19-20-37-32(22)31/h1-21H. The van der Waals surface area contributed by atoms with Crippen LogP contribution in [0.1, 0.15) is 0 Å². The largest absolute Gasteiger partial charge is 0.309 e. The SMILES string of the molecule is c1ccc(-c2nc3ccccc3n2-c2cccc(-n3c4ccccc4c4c5sccc5ccc43)c2)cc1. The van der Waals surface area contributed by atoms with Gasteiger partial charge in [-0.3, -0.25) is 4.57 Å². The van der Waals surface area contributed by atoms with Gasteiger partial charge in [-0.15, -0.1) is 11.3 Å². The minimum atomic E-state index is 0.946. The predicted octanol–water partition coefficient (Wildman–Crippen LogP) is 9.00. The zero-order valence-corrected chi connectivity index (χ0v) is 20.7. The highest BCUT2D eigenvalue weighted by atomic mass is 32.1. The van der Waals surface area contributed by atoms with Gasteiger partial charge < -0.3 is 4.57 Å². The van der Waals surface area contributed by atoms with E-state index in [1.807, 2.05) is 23.5 Å². The molecule has 174 valence electrons. The van der Waals surface area contributed by atoms with E-state index in [4.69, 9.17) is 4.98 Å². The van der Waals surface area contributed by atoms with Gasteiger partial charge in [-0.2, -0.15) is 0 Å². The van der Waals surface area contributed by atoms with Crippen molar-refractivity contribution >= 4 is 54.3 Å². The molecule has 0 bridgehead atoms. The average molecular weight is 492 g/mol. The number of rotatable bonds is 3. The Morgan fingerprint density at radius 1 is 0.568 bits per heavy atom. The Balaban J connectivity index is 1.43. The molecule has 0 fully saturated rings. The lowest BCUT2D eigenvalue weighted by atomic mass is 10.1. The van der Waals surface area contributed by atoms with Crippen molar-refractivity contribution in [3.8, 4) is 22.8 Å². The monoisotopic (exact) mass is 491 g/mol. The molecule has 3 aromatic heterocycles. The third-order valence-electron chi connectivity index (χ3n) is 7.19. The van der Waals surface area contributed by atoms with Crippen LogP contribution in [0.25, 0.3) is 65.7 Å². The first-order valence-corrected chi connectivity index (χ1v) is 13.3. The molecule has 5 aromatic carbocycles. The van der Waals surface area contributed by atoms with Gasteiger partial charge in [0.05, 0.1) is 22.1 Å². The van der Waals surface area contributed by atoms with E-state index < -0.39 is 0 Å². The van der Waals surface area contributed by atoms with Crippen LogP contribution in [-0.4, -0.2) is 14.1 Å². The Bertz CT molecular complexity index is 2090. The smallest absolute Gasteiger partial charge is 0.145 e. The second-order valence-electron chi connectivity index (χ2n) is 9.30. The average Bonchev–Trinajstić information content (AvgIpc) is 3.67. The van der Waals surface area contributed by atoms with Gasteiger partial charge >= 0.3 is 0 Å². The molecule has 37 heavy (non-hydrogen) atoms. The molecule has 0 atom stereocenters. The molecule has 0 aliphatic carbocycles. The van der Waals surface area contributed by atoms with Crippen LogP contribution in [0.5, 0.6) is 0 Å². The maximum absolute atomic E-state index is 5.04. The molecule has 0 aliphatic rings. The zero-order valence-electron chi connectivity index (χ0n) is 19.9. The van der Waals surface area contributed by atoms with Gasteiger partial charge in [0, 0.05) is 32.4 Å². The molecule has 0 unspecified atom stereocenters. The number of hydrogen-bond donors (Lipinski definition) is 0. The molecule has 0 saturated heterocycles. The first-order valence-electron chi connectivity index (χ1n) is 12.4. The fraction of sp³-hybridized carbons (Fsp3) is 0. The van der Waals surface area contributed by atoms with E-state index in [1.54, 1.807) is 0 Å². The van der Waals surface area contributed by atoms with Crippen molar-refractivity contribution in [2.75, 3.05) is 0 Å². The van der Waals surface area contributed by atoms with Gasteiger partial charge in [0.15, 0.2) is 0 Å². The van der Waals surface area contributed by atoms with Crippen molar-refractivity contribution in [1.29, 1.82) is 0 Å². The Labute approximate surface area is 217 Å². The quantitative estimate of drug-likeness (QED) is 0.242. The van der Waals surface area contributed by atoms with E-state index >= 15 is 0 Å². The van der Waals surface area contributed by atoms with E-state index in [1.165, 1.54) is 31.9 Å². The molecule has 0 saturated carbocycles. The van der Waals surface area contributed by atoms with Gasteiger partial charge in [0.2, 0.25) is 0 Å². The van der Waals surface area contributed by atoms with Crippen LogP contribution in [0.3, 0.4) is 0 Å². The van der Waals surface area contributed by atoms with Crippen molar-refractivity contribution < 1.29 is 0 Å². The van der Waals surface area contributed by atoms with Crippen LogP contribution < -0.4 is 0 Å². The summed E-state index contributed by atoms with van der Waals surface area (Å²) in [4.78, 5) is 5.04. The van der Waals surface area contributed by atoms with E-state index in [-0.39, 0.29) is 0 Å². The number of hydrogen-bond acceptors (Lipinski definition) is 2. The number of fused-ring (bicyclic) bond motifs is 6. The summed E-state index contributed by atoms with van der Waals surface area (Å²) in [6, 6.07) is 43.1. The molecule has 3 nitrogen and oxygen atoms in total. The summed E-state index contributed by atoms with van der Waals surface area (Å²) in [6.07, 6.45) is 0. The lowest BCUT2D eigenvalue weighted by Gasteiger charge is -2.13. The summed E-state index contributed by atoms with van der Waals surface area (Å²) < 4.78 is 6.02. The summed E-state index contributed by atoms with van der Waals surface area (Å²) in [5, 5.41) is 6.10. The van der Waals surface area contributed by atoms with Crippen molar-refractivity contribution in [1.82, 2.24) is 14.1 Å². The molecule has 0 aliphatic heterocycles. The number of benzene rings is 5. The molecule has 8 aromatic rings. The topological polar surface area (TPSA) is 22.8 Å². The molecule has 0 N–H and O–H groups in total. The van der Waals surface area contributed by atoms with Crippen LogP contribution in [0, 0.1) is 0 Å². The maximum Gasteiger partial charge on any atom is 0.145 e. The summed E-state index contributed by atoms with van der Waals surface area (Å²) in [5.41, 5.74) is 7.86. The van der Waals surface area contributed by atoms with Crippen LogP contribution in [0.4, 0.5) is 0 Å². The normalized spacial score (nSPS) is 11.8. The minimum absolute atomic E-state index is 0.946. The van der Waals surface area contributed by atoms with E-state index in [0.29, 0.717) is 0 Å². The highest BCUT2D eigenvalue weighted by molar-refractivity contribution is 7.18. The van der Waals surface area contributed by atoms with Crippen molar-refractivity contribution in [2.45, 2.75) is 0 Å². The van der Waals surface area contributed by atoms with Crippen molar-refractivity contribution in [2.24, 2.45) is 0 Å². The van der Waals surface area contributed by atoms with Gasteiger partial charge in [0.25, 0.3) is 0 Å². The Kier molecular flexibility index (Phi) is 4.39. The third kappa shape index (κ3) is 3.03. The number of nitrogens with zero attached hydrogens (tertiary/aromatic N) is 3. The summed E-state index contributed by atoms with van der Waals surface area (Å²) in [7, 11) is 0. The fourth-order valence-corrected chi connectivity index (χ4v) is 6.55. The van der Waals surface area contributed by atoms with Crippen LogP contribution >= 0.6 is 11.3 Å². The maximum atomic E-state index is 5.04. The second kappa shape index (κ2) is 7.92. The highest BCUT2D eigenvalue weighted by Gasteiger charge is 2.17. The molecule has 3 heterocycles. The predicted molar refractivity (Wildman–Crippen MR) is 156 cm³/mol. The summed E-state index contributed by atoms with van der Waals surface area (Å²) in [5.74, 6) is 0.946. The third-order valence-corrected chi connectivity index (χ3v) is 8.14. The molecule has 8 rings (SSSR count). The Hall–Kier alpha value is -4.67. The van der Waals surface area contributed by atoms with E-state index in [0.717, 1.165) is 33.8 Å². The number of imidazole rings is 1. The van der Waals surface area contributed by atoms with Gasteiger partial charge in [-0.1, -0.05) is 72.8 Å². The Morgan fingerprint density at radius 3 is 2.22 bits per heavy atom. The van der Waals surface area contributed by atoms with Gasteiger partial charge in [-0.05, 0) is 59.3 Å². The Morgan fingerprint density at radius 2 is 1.32 bits per heavy atom. The lowest BCUT2D eigenvalue weighted by Crippen LogP contribution is -2.00.